The molecule has 0 heterocycles. The van der Waals surface area contributed by atoms with Crippen molar-refractivity contribution >= 4 is 0 Å². The Morgan fingerprint density at radius 3 is 2.88 bits per heavy atom. The minimum absolute atomic E-state index is 0.0170. The summed E-state index contributed by atoms with van der Waals surface area (Å²) in [5.41, 5.74) is 0.671. The van der Waals surface area contributed by atoms with Crippen molar-refractivity contribution in [2.45, 2.75) is 26.3 Å². The van der Waals surface area contributed by atoms with Gasteiger partial charge in [-0.2, -0.15) is 0 Å². The van der Waals surface area contributed by atoms with Gasteiger partial charge in [0.05, 0.1) is 0 Å². The number of nitrogens with one attached hydrogen (secondary N) is 1. The van der Waals surface area contributed by atoms with Crippen molar-refractivity contribution in [1.29, 1.82) is 0 Å². The third kappa shape index (κ3) is 4.19. The lowest BCUT2D eigenvalue weighted by atomic mass is 10.1. The van der Waals surface area contributed by atoms with Crippen LogP contribution in [0.5, 0.6) is 5.75 Å². The normalized spacial score (nSPS) is 12.2. The van der Waals surface area contributed by atoms with Crippen LogP contribution in [0, 0.1) is 5.82 Å². The van der Waals surface area contributed by atoms with Gasteiger partial charge in [0.25, 0.3) is 0 Å². The zero-order chi connectivity index (χ0) is 12.7. The first-order valence-corrected chi connectivity index (χ1v) is 5.95. The molecule has 1 atom stereocenters. The van der Waals surface area contributed by atoms with Gasteiger partial charge >= 0.3 is 0 Å². The van der Waals surface area contributed by atoms with Gasteiger partial charge in [-0.05, 0) is 26.0 Å². The predicted octanol–water partition coefficient (Wildman–Crippen LogP) is 3.45. The van der Waals surface area contributed by atoms with Crippen LogP contribution >= 0.6 is 0 Å². The molecule has 1 rings (SSSR count). The van der Waals surface area contributed by atoms with Gasteiger partial charge in [0.2, 0.25) is 0 Å². The summed E-state index contributed by atoms with van der Waals surface area (Å²) in [5, 5.41) is 3.26. The highest BCUT2D eigenvalue weighted by atomic mass is 19.1. The van der Waals surface area contributed by atoms with Crippen LogP contribution in [-0.4, -0.2) is 13.2 Å². The largest absolute Gasteiger partial charge is 0.489 e. The van der Waals surface area contributed by atoms with E-state index in [-0.39, 0.29) is 11.9 Å². The Labute approximate surface area is 102 Å². The van der Waals surface area contributed by atoms with Crippen LogP contribution in [0.25, 0.3) is 0 Å². The molecule has 0 bridgehead atoms. The van der Waals surface area contributed by atoms with Crippen molar-refractivity contribution in [1.82, 2.24) is 5.32 Å². The summed E-state index contributed by atoms with van der Waals surface area (Å²) in [5.74, 6) is 0.302. The maximum Gasteiger partial charge on any atom is 0.131 e. The summed E-state index contributed by atoms with van der Waals surface area (Å²) in [4.78, 5) is 0. The van der Waals surface area contributed by atoms with Gasteiger partial charge in [-0.1, -0.05) is 25.6 Å². The average molecular weight is 237 g/mol. The first kappa shape index (κ1) is 13.7. The van der Waals surface area contributed by atoms with Crippen LogP contribution in [0.3, 0.4) is 0 Å². The summed E-state index contributed by atoms with van der Waals surface area (Å²) in [6.45, 7) is 8.87. The molecule has 0 radical (unpaired) electrons. The quantitative estimate of drug-likeness (QED) is 0.733. The van der Waals surface area contributed by atoms with E-state index in [1.54, 1.807) is 18.2 Å². The lowest BCUT2D eigenvalue weighted by Crippen LogP contribution is -2.20. The van der Waals surface area contributed by atoms with E-state index in [0.29, 0.717) is 17.9 Å². The van der Waals surface area contributed by atoms with E-state index in [2.05, 4.69) is 18.8 Å². The third-order valence-electron chi connectivity index (χ3n) is 2.51. The molecule has 2 nitrogen and oxygen atoms in total. The van der Waals surface area contributed by atoms with Crippen LogP contribution in [0.1, 0.15) is 31.9 Å². The molecule has 1 aromatic rings. The predicted molar refractivity (Wildman–Crippen MR) is 68.8 cm³/mol. The lowest BCUT2D eigenvalue weighted by Gasteiger charge is -2.15. The monoisotopic (exact) mass is 237 g/mol. The molecule has 0 spiro atoms. The molecule has 0 fully saturated rings. The highest BCUT2D eigenvalue weighted by molar-refractivity contribution is 5.30. The topological polar surface area (TPSA) is 21.3 Å². The third-order valence-corrected chi connectivity index (χ3v) is 2.51. The van der Waals surface area contributed by atoms with Crippen LogP contribution in [-0.2, 0) is 0 Å². The molecule has 0 aliphatic rings. The molecule has 94 valence electrons. The van der Waals surface area contributed by atoms with Gasteiger partial charge in [0, 0.05) is 17.7 Å². The van der Waals surface area contributed by atoms with Crippen LogP contribution < -0.4 is 10.1 Å². The van der Waals surface area contributed by atoms with Crippen LogP contribution in [0.15, 0.2) is 30.9 Å². The Morgan fingerprint density at radius 2 is 2.29 bits per heavy atom. The summed E-state index contributed by atoms with van der Waals surface area (Å²) in [6, 6.07) is 4.99. The Kier molecular flexibility index (Phi) is 5.70. The molecule has 0 aliphatic carbocycles. The van der Waals surface area contributed by atoms with Gasteiger partial charge < -0.3 is 10.1 Å². The van der Waals surface area contributed by atoms with Gasteiger partial charge in [-0.25, -0.2) is 4.39 Å². The molecule has 3 heteroatoms. The van der Waals surface area contributed by atoms with Gasteiger partial charge in [0.1, 0.15) is 18.2 Å². The average Bonchev–Trinajstić information content (AvgIpc) is 2.33. The van der Waals surface area contributed by atoms with E-state index in [1.165, 1.54) is 6.07 Å². The maximum absolute atomic E-state index is 13.8. The van der Waals surface area contributed by atoms with Crippen molar-refractivity contribution in [3.8, 4) is 5.75 Å². The van der Waals surface area contributed by atoms with Crippen molar-refractivity contribution in [2.24, 2.45) is 0 Å². The van der Waals surface area contributed by atoms with Crippen molar-refractivity contribution in [3.63, 3.8) is 0 Å². The summed E-state index contributed by atoms with van der Waals surface area (Å²) < 4.78 is 19.1. The van der Waals surface area contributed by atoms with Gasteiger partial charge in [-0.15, -0.1) is 0 Å². The number of hydrogen-bond donors (Lipinski definition) is 1. The lowest BCUT2D eigenvalue weighted by molar-refractivity contribution is 0.360. The standard InChI is InChI=1S/C14H20FNO/c1-4-8-16-11(3)13-7-6-12(10-14(13)15)17-9-5-2/h5-7,10-11,16H,2,4,8-9H2,1,3H3. The molecule has 1 unspecified atom stereocenters. The van der Waals surface area contributed by atoms with E-state index >= 15 is 0 Å². The fourth-order valence-corrected chi connectivity index (χ4v) is 1.57. The minimum atomic E-state index is -0.234. The first-order valence-electron chi connectivity index (χ1n) is 5.95. The second kappa shape index (κ2) is 7.07. The number of benzene rings is 1. The molecule has 0 saturated carbocycles. The van der Waals surface area contributed by atoms with Crippen molar-refractivity contribution in [3.05, 3.63) is 42.2 Å². The highest BCUT2D eigenvalue weighted by Crippen LogP contribution is 2.21. The second-order valence-corrected chi connectivity index (χ2v) is 3.96. The highest BCUT2D eigenvalue weighted by Gasteiger charge is 2.10. The molecular formula is C14H20FNO. The van der Waals surface area contributed by atoms with E-state index in [4.69, 9.17) is 4.74 Å². The summed E-state index contributed by atoms with van der Waals surface area (Å²) in [7, 11) is 0. The molecule has 0 amide bonds. The number of rotatable bonds is 7. The molecule has 0 aromatic heterocycles. The Balaban J connectivity index is 2.71. The molecular weight excluding hydrogens is 217 g/mol. The van der Waals surface area contributed by atoms with Gasteiger partial charge in [-0.3, -0.25) is 0 Å². The van der Waals surface area contributed by atoms with Crippen LogP contribution in [0.4, 0.5) is 4.39 Å². The number of halogens is 1. The fraction of sp³-hybridized carbons (Fsp3) is 0.429. The van der Waals surface area contributed by atoms with E-state index in [1.807, 2.05) is 6.92 Å². The molecule has 1 N–H and O–H groups in total. The molecule has 0 saturated heterocycles. The smallest absolute Gasteiger partial charge is 0.131 e. The SMILES string of the molecule is C=CCOc1ccc(C(C)NCCC)c(F)c1. The van der Waals surface area contributed by atoms with Crippen LogP contribution in [0.2, 0.25) is 0 Å². The maximum atomic E-state index is 13.8. The fourth-order valence-electron chi connectivity index (χ4n) is 1.57. The molecule has 17 heavy (non-hydrogen) atoms. The van der Waals surface area contributed by atoms with E-state index in [0.717, 1.165) is 13.0 Å². The van der Waals surface area contributed by atoms with Gasteiger partial charge in [0.15, 0.2) is 0 Å². The Morgan fingerprint density at radius 1 is 1.53 bits per heavy atom. The summed E-state index contributed by atoms with van der Waals surface area (Å²) >= 11 is 0. The van der Waals surface area contributed by atoms with E-state index < -0.39 is 0 Å². The molecule has 0 aliphatic heterocycles. The number of ether oxygens (including phenoxy) is 1. The molecule has 1 aromatic carbocycles. The first-order chi connectivity index (χ1) is 8.19. The van der Waals surface area contributed by atoms with Crippen molar-refractivity contribution < 1.29 is 9.13 Å². The van der Waals surface area contributed by atoms with Crippen molar-refractivity contribution in [2.75, 3.05) is 13.2 Å². The summed E-state index contributed by atoms with van der Waals surface area (Å²) in [6.07, 6.45) is 2.67. The zero-order valence-corrected chi connectivity index (χ0v) is 10.5. The number of hydrogen-bond acceptors (Lipinski definition) is 2. The van der Waals surface area contributed by atoms with E-state index in [9.17, 15) is 4.39 Å². The Bertz CT molecular complexity index is 365. The minimum Gasteiger partial charge on any atom is -0.489 e. The zero-order valence-electron chi connectivity index (χ0n) is 10.5. The Hall–Kier alpha value is -1.35. The second-order valence-electron chi connectivity index (χ2n) is 3.96.